The topological polar surface area (TPSA) is 91.2 Å². The first-order valence-corrected chi connectivity index (χ1v) is 4.60. The molecule has 0 aromatic carbocycles. The average Bonchev–Trinajstić information content (AvgIpc) is 2.62. The van der Waals surface area contributed by atoms with Gasteiger partial charge in [0.1, 0.15) is 12.2 Å². The van der Waals surface area contributed by atoms with Gasteiger partial charge in [0.25, 0.3) is 5.17 Å². The Balaban J connectivity index is 2.24. The fraction of sp³-hybridized carbons (Fsp3) is 0.857. The molecule has 80 valence electrons. The third-order valence-corrected chi connectivity index (χ3v) is 2.67. The van der Waals surface area contributed by atoms with E-state index < -0.39 is 24.0 Å². The van der Waals surface area contributed by atoms with Gasteiger partial charge < -0.3 is 30.1 Å². The molecule has 0 bridgehead atoms. The number of thiocarbonyl (C=S) groups is 1. The molecule has 2 fully saturated rings. The van der Waals surface area contributed by atoms with Gasteiger partial charge in [0.05, 0.1) is 13.2 Å². The molecule has 0 aromatic rings. The second-order valence-corrected chi connectivity index (χ2v) is 3.70. The van der Waals surface area contributed by atoms with E-state index in [1.807, 2.05) is 0 Å². The smallest absolute Gasteiger partial charge is 0.259 e. The zero-order valence-electron chi connectivity index (χ0n) is 7.21. The van der Waals surface area contributed by atoms with E-state index in [0.717, 1.165) is 0 Å². The Bertz CT molecular complexity index is 262. The van der Waals surface area contributed by atoms with Crippen molar-refractivity contribution in [2.24, 2.45) is 0 Å². The normalized spacial score (nSPS) is 45.9. The second kappa shape index (κ2) is 3.28. The first-order chi connectivity index (χ1) is 6.63. The Hall–Kier alpha value is -0.470. The molecule has 0 spiro atoms. The summed E-state index contributed by atoms with van der Waals surface area (Å²) < 4.78 is 10.4. The van der Waals surface area contributed by atoms with Gasteiger partial charge in [-0.05, 0) is 12.2 Å². The van der Waals surface area contributed by atoms with Gasteiger partial charge in [-0.2, -0.15) is 0 Å². The summed E-state index contributed by atoms with van der Waals surface area (Å²) >= 11 is 4.74. The Morgan fingerprint density at radius 2 is 2.21 bits per heavy atom. The minimum absolute atomic E-state index is 0.0829. The number of nitrogens with one attached hydrogen (secondary N) is 1. The van der Waals surface area contributed by atoms with Crippen molar-refractivity contribution in [3.63, 3.8) is 0 Å². The van der Waals surface area contributed by atoms with Crippen LogP contribution in [-0.4, -0.2) is 57.7 Å². The monoisotopic (exact) mass is 221 g/mol. The van der Waals surface area contributed by atoms with Crippen LogP contribution in [0.3, 0.4) is 0 Å². The standard InChI is InChI=1S/C7H11NO5S/c9-1-3-4(11)5-7(2-10,13-3)8-6(14)12-5/h3-5,9-11H,1-2H2,(H,8,14)/t3-,4+,5-,7+/m0/s1. The minimum atomic E-state index is -1.20. The predicted molar refractivity (Wildman–Crippen MR) is 48.4 cm³/mol. The van der Waals surface area contributed by atoms with Crippen LogP contribution in [0.25, 0.3) is 0 Å². The molecule has 0 saturated carbocycles. The summed E-state index contributed by atoms with van der Waals surface area (Å²) in [6, 6.07) is 0. The average molecular weight is 221 g/mol. The summed E-state index contributed by atoms with van der Waals surface area (Å²) in [5.41, 5.74) is -1.20. The van der Waals surface area contributed by atoms with Crippen LogP contribution in [0.1, 0.15) is 0 Å². The summed E-state index contributed by atoms with van der Waals surface area (Å²) in [5.74, 6) is 0. The quantitative estimate of drug-likeness (QED) is 0.390. The summed E-state index contributed by atoms with van der Waals surface area (Å²) in [4.78, 5) is 0. The van der Waals surface area contributed by atoms with E-state index in [0.29, 0.717) is 0 Å². The van der Waals surface area contributed by atoms with E-state index in [4.69, 9.17) is 31.9 Å². The maximum absolute atomic E-state index is 9.65. The van der Waals surface area contributed by atoms with Gasteiger partial charge in [-0.1, -0.05) is 0 Å². The molecule has 7 heteroatoms. The van der Waals surface area contributed by atoms with Crippen molar-refractivity contribution in [3.8, 4) is 0 Å². The van der Waals surface area contributed by atoms with Gasteiger partial charge in [0, 0.05) is 0 Å². The molecule has 0 radical (unpaired) electrons. The highest BCUT2D eigenvalue weighted by Crippen LogP contribution is 2.35. The number of ether oxygens (including phenoxy) is 2. The van der Waals surface area contributed by atoms with Crippen LogP contribution in [0.2, 0.25) is 0 Å². The molecule has 0 unspecified atom stereocenters. The third kappa shape index (κ3) is 1.21. The van der Waals surface area contributed by atoms with Crippen LogP contribution in [0.4, 0.5) is 0 Å². The van der Waals surface area contributed by atoms with Crippen molar-refractivity contribution >= 4 is 17.4 Å². The number of hydrogen-bond acceptors (Lipinski definition) is 6. The molecule has 0 aliphatic carbocycles. The first-order valence-electron chi connectivity index (χ1n) is 4.19. The van der Waals surface area contributed by atoms with Crippen molar-refractivity contribution < 1.29 is 24.8 Å². The van der Waals surface area contributed by atoms with Crippen LogP contribution in [0.15, 0.2) is 0 Å². The van der Waals surface area contributed by atoms with Gasteiger partial charge in [-0.3, -0.25) is 0 Å². The Kier molecular flexibility index (Phi) is 2.36. The number of rotatable bonds is 2. The molecule has 6 nitrogen and oxygen atoms in total. The van der Waals surface area contributed by atoms with Crippen molar-refractivity contribution in [1.82, 2.24) is 5.32 Å². The van der Waals surface area contributed by atoms with Crippen LogP contribution < -0.4 is 5.32 Å². The fourth-order valence-electron chi connectivity index (χ4n) is 1.77. The molecule has 0 amide bonds. The maximum atomic E-state index is 9.65. The SMILES string of the molecule is OC[C@@H]1O[C@@]2(CO)NC(=S)O[C@H]2[C@@H]1O. The van der Waals surface area contributed by atoms with Crippen LogP contribution in [-0.2, 0) is 9.47 Å². The number of aliphatic hydroxyl groups is 3. The highest BCUT2D eigenvalue weighted by Gasteiger charge is 2.60. The Morgan fingerprint density at radius 3 is 2.71 bits per heavy atom. The fourth-order valence-corrected chi connectivity index (χ4v) is 2.05. The molecule has 4 N–H and O–H groups in total. The van der Waals surface area contributed by atoms with Gasteiger partial charge in [-0.15, -0.1) is 0 Å². The lowest BCUT2D eigenvalue weighted by atomic mass is 10.0. The lowest BCUT2D eigenvalue weighted by Crippen LogP contribution is -2.51. The van der Waals surface area contributed by atoms with E-state index in [-0.39, 0.29) is 18.4 Å². The van der Waals surface area contributed by atoms with Gasteiger partial charge >= 0.3 is 0 Å². The van der Waals surface area contributed by atoms with Crippen LogP contribution in [0, 0.1) is 0 Å². The molecule has 2 saturated heterocycles. The van der Waals surface area contributed by atoms with Gasteiger partial charge in [-0.25, -0.2) is 0 Å². The van der Waals surface area contributed by atoms with Crippen LogP contribution in [0.5, 0.6) is 0 Å². The maximum Gasteiger partial charge on any atom is 0.259 e. The highest BCUT2D eigenvalue weighted by atomic mass is 32.1. The summed E-state index contributed by atoms with van der Waals surface area (Å²) in [7, 11) is 0. The van der Waals surface area contributed by atoms with Gasteiger partial charge in [0.2, 0.25) is 5.72 Å². The molecule has 2 rings (SSSR count). The summed E-state index contributed by atoms with van der Waals surface area (Å²) in [6.07, 6.45) is -2.53. The van der Waals surface area contributed by atoms with E-state index in [1.54, 1.807) is 0 Å². The Labute approximate surface area is 85.4 Å². The number of aliphatic hydroxyl groups excluding tert-OH is 3. The zero-order valence-corrected chi connectivity index (χ0v) is 8.03. The molecular formula is C7H11NO5S. The van der Waals surface area contributed by atoms with E-state index in [2.05, 4.69) is 5.32 Å². The Morgan fingerprint density at radius 1 is 1.50 bits per heavy atom. The summed E-state index contributed by atoms with van der Waals surface area (Å²) in [6.45, 7) is -0.720. The molecule has 2 aliphatic heterocycles. The van der Waals surface area contributed by atoms with E-state index in [1.165, 1.54) is 0 Å². The number of hydrogen-bond donors (Lipinski definition) is 4. The molecule has 4 atom stereocenters. The third-order valence-electron chi connectivity index (χ3n) is 2.47. The summed E-state index contributed by atoms with van der Waals surface area (Å²) in [5, 5.41) is 30.4. The van der Waals surface area contributed by atoms with Crippen LogP contribution >= 0.6 is 12.2 Å². The molecule has 2 heterocycles. The molecule has 14 heavy (non-hydrogen) atoms. The number of fused-ring (bicyclic) bond motifs is 1. The molecule has 2 aliphatic rings. The van der Waals surface area contributed by atoms with Crippen molar-refractivity contribution in [2.45, 2.75) is 24.0 Å². The van der Waals surface area contributed by atoms with Crippen molar-refractivity contribution in [3.05, 3.63) is 0 Å². The van der Waals surface area contributed by atoms with Crippen molar-refractivity contribution in [1.29, 1.82) is 0 Å². The lowest BCUT2D eigenvalue weighted by Gasteiger charge is -2.23. The molecule has 0 aromatic heterocycles. The highest BCUT2D eigenvalue weighted by molar-refractivity contribution is 7.80. The predicted octanol–water partition coefficient (Wildman–Crippen LogP) is -2.30. The minimum Gasteiger partial charge on any atom is -0.460 e. The van der Waals surface area contributed by atoms with E-state index in [9.17, 15) is 5.11 Å². The first kappa shape index (κ1) is 10.1. The zero-order chi connectivity index (χ0) is 10.3. The van der Waals surface area contributed by atoms with Gasteiger partial charge in [0.15, 0.2) is 6.10 Å². The van der Waals surface area contributed by atoms with E-state index >= 15 is 0 Å². The second-order valence-electron chi connectivity index (χ2n) is 3.33. The lowest BCUT2D eigenvalue weighted by molar-refractivity contribution is -0.107. The molecular weight excluding hydrogens is 210 g/mol. The van der Waals surface area contributed by atoms with Crippen molar-refractivity contribution in [2.75, 3.05) is 13.2 Å². The largest absolute Gasteiger partial charge is 0.460 e.